The first-order chi connectivity index (χ1) is 14.3. The van der Waals surface area contributed by atoms with Crippen LogP contribution in [0.4, 0.5) is 5.95 Å². The molecular weight excluding hydrogens is 388 g/mol. The summed E-state index contributed by atoms with van der Waals surface area (Å²) in [5.41, 5.74) is -0.758. The van der Waals surface area contributed by atoms with Crippen molar-refractivity contribution in [3.63, 3.8) is 0 Å². The summed E-state index contributed by atoms with van der Waals surface area (Å²) < 4.78 is 13.0. The third kappa shape index (κ3) is 3.84. The Morgan fingerprint density at radius 2 is 2.17 bits per heavy atom. The highest BCUT2D eigenvalue weighted by atomic mass is 16.5. The molecule has 1 amide bonds. The Morgan fingerprint density at radius 1 is 1.40 bits per heavy atom. The van der Waals surface area contributed by atoms with E-state index in [0.29, 0.717) is 23.9 Å². The molecule has 4 heterocycles. The molecular formula is C20H28N6O4. The third-order valence-electron chi connectivity index (χ3n) is 6.20. The molecule has 0 unspecified atom stereocenters. The summed E-state index contributed by atoms with van der Waals surface area (Å²) in [7, 11) is 3.35. The maximum Gasteiger partial charge on any atom is 0.270 e. The summed E-state index contributed by atoms with van der Waals surface area (Å²) in [6.45, 7) is 3.50. The van der Waals surface area contributed by atoms with Crippen molar-refractivity contribution in [2.75, 3.05) is 31.7 Å². The van der Waals surface area contributed by atoms with Crippen LogP contribution in [0.25, 0.3) is 0 Å². The Kier molecular flexibility index (Phi) is 5.37. The molecule has 2 aliphatic rings. The van der Waals surface area contributed by atoms with Crippen LogP contribution in [0.5, 0.6) is 5.88 Å². The van der Waals surface area contributed by atoms with Crippen molar-refractivity contribution in [2.24, 2.45) is 7.05 Å². The highest BCUT2D eigenvalue weighted by Crippen LogP contribution is 2.40. The molecule has 1 spiro atoms. The third-order valence-corrected chi connectivity index (χ3v) is 6.20. The number of amides is 1. The lowest BCUT2D eigenvalue weighted by Gasteiger charge is -2.51. The van der Waals surface area contributed by atoms with Gasteiger partial charge in [0.1, 0.15) is 11.8 Å². The van der Waals surface area contributed by atoms with Gasteiger partial charge in [-0.3, -0.25) is 4.79 Å². The number of nitrogens with one attached hydrogen (secondary N) is 1. The lowest BCUT2D eigenvalue weighted by molar-refractivity contribution is -0.167. The fourth-order valence-corrected chi connectivity index (χ4v) is 4.34. The summed E-state index contributed by atoms with van der Waals surface area (Å²) >= 11 is 0. The van der Waals surface area contributed by atoms with Gasteiger partial charge in [0.15, 0.2) is 0 Å². The molecule has 2 N–H and O–H groups in total. The van der Waals surface area contributed by atoms with Crippen LogP contribution in [0.1, 0.15) is 36.7 Å². The van der Waals surface area contributed by atoms with Crippen LogP contribution in [0.3, 0.4) is 0 Å². The first kappa shape index (κ1) is 20.5. The van der Waals surface area contributed by atoms with Gasteiger partial charge in [-0.05, 0) is 19.8 Å². The minimum atomic E-state index is -0.797. The molecule has 10 nitrogen and oxygen atoms in total. The van der Waals surface area contributed by atoms with Gasteiger partial charge in [0.05, 0.1) is 37.4 Å². The Balaban J connectivity index is 1.45. The largest absolute Gasteiger partial charge is 0.481 e. The van der Waals surface area contributed by atoms with Gasteiger partial charge in [-0.15, -0.1) is 0 Å². The number of aryl methyl sites for hydroxylation is 1. The number of aliphatic hydroxyl groups excluding tert-OH is 1. The van der Waals surface area contributed by atoms with E-state index in [1.165, 1.54) is 6.20 Å². The average Bonchev–Trinajstić information content (AvgIpc) is 3.18. The average molecular weight is 416 g/mol. The second kappa shape index (κ2) is 7.84. The minimum absolute atomic E-state index is 0.178. The Hall–Kier alpha value is -2.72. The number of methoxy groups -OCH3 is 1. The molecule has 0 aromatic carbocycles. The smallest absolute Gasteiger partial charge is 0.270 e. The summed E-state index contributed by atoms with van der Waals surface area (Å²) in [5, 5.41) is 13.7. The van der Waals surface area contributed by atoms with Gasteiger partial charge < -0.3 is 29.4 Å². The quantitative estimate of drug-likeness (QED) is 0.742. The number of imidazole rings is 1. The number of rotatable bonds is 4. The number of hydrogen-bond donors (Lipinski definition) is 2. The van der Waals surface area contributed by atoms with Crippen molar-refractivity contribution < 1.29 is 19.4 Å². The maximum absolute atomic E-state index is 12.8. The molecule has 4 rings (SSSR count). The zero-order valence-electron chi connectivity index (χ0n) is 17.5. The van der Waals surface area contributed by atoms with E-state index in [2.05, 4.69) is 25.2 Å². The molecule has 2 atom stereocenters. The Morgan fingerprint density at radius 3 is 2.83 bits per heavy atom. The van der Waals surface area contributed by atoms with Crippen LogP contribution < -0.4 is 15.0 Å². The van der Waals surface area contributed by atoms with Crippen LogP contribution in [0.2, 0.25) is 0 Å². The number of carbonyl (C=O) groups is 1. The Labute approximate surface area is 175 Å². The van der Waals surface area contributed by atoms with E-state index < -0.39 is 17.2 Å². The van der Waals surface area contributed by atoms with E-state index in [1.807, 2.05) is 6.92 Å². The van der Waals surface area contributed by atoms with Gasteiger partial charge in [0.2, 0.25) is 11.8 Å². The first-order valence-corrected chi connectivity index (χ1v) is 10.1. The second-order valence-electron chi connectivity index (χ2n) is 8.33. The van der Waals surface area contributed by atoms with E-state index in [1.54, 1.807) is 37.3 Å². The van der Waals surface area contributed by atoms with E-state index in [4.69, 9.17) is 9.47 Å². The predicted octanol–water partition coefficient (Wildman–Crippen LogP) is 0.528. The SMILES string of the molecule is COc1ccnc(N2CCC3(CC2)C[C@](C)(NC(=O)c2cncn2C)[C@@H](O)CO3)n1. The van der Waals surface area contributed by atoms with Crippen molar-refractivity contribution in [3.05, 3.63) is 30.5 Å². The zero-order chi connectivity index (χ0) is 21.4. The summed E-state index contributed by atoms with van der Waals surface area (Å²) in [6, 6.07) is 1.72. The molecule has 2 aliphatic heterocycles. The normalized spacial score (nSPS) is 25.9. The molecule has 0 saturated carbocycles. The van der Waals surface area contributed by atoms with E-state index in [0.717, 1.165) is 25.9 Å². The number of anilines is 1. The van der Waals surface area contributed by atoms with Gasteiger partial charge in [0.25, 0.3) is 5.91 Å². The van der Waals surface area contributed by atoms with Gasteiger partial charge in [-0.1, -0.05) is 0 Å². The highest BCUT2D eigenvalue weighted by Gasteiger charge is 2.50. The summed E-state index contributed by atoms with van der Waals surface area (Å²) in [4.78, 5) is 27.6. The number of aromatic nitrogens is 4. The van der Waals surface area contributed by atoms with Crippen molar-refractivity contribution in [1.82, 2.24) is 24.8 Å². The molecule has 0 bridgehead atoms. The standard InChI is InChI=1S/C20H28N6O4/c1-19(24-17(28)14-10-21-13-25(14)2)12-20(30-11-15(19)27)5-8-26(9-6-20)18-22-7-4-16(23-18)29-3/h4,7,10,13,15,27H,5-6,8-9,11-12H2,1-3H3,(H,24,28)/t15-,19-/m0/s1. The number of aliphatic hydroxyl groups is 1. The molecule has 2 aromatic rings. The predicted molar refractivity (Wildman–Crippen MR) is 108 cm³/mol. The molecule has 162 valence electrons. The number of nitrogens with zero attached hydrogens (tertiary/aromatic N) is 5. The fourth-order valence-electron chi connectivity index (χ4n) is 4.34. The summed E-state index contributed by atoms with van der Waals surface area (Å²) in [5.74, 6) is 0.908. The molecule has 2 fully saturated rings. The zero-order valence-corrected chi connectivity index (χ0v) is 17.5. The van der Waals surface area contributed by atoms with Gasteiger partial charge in [-0.2, -0.15) is 4.98 Å². The van der Waals surface area contributed by atoms with Crippen LogP contribution in [-0.4, -0.2) is 74.6 Å². The first-order valence-electron chi connectivity index (χ1n) is 10.1. The van der Waals surface area contributed by atoms with Crippen LogP contribution in [0, 0.1) is 0 Å². The number of carbonyl (C=O) groups excluding carboxylic acids is 1. The van der Waals surface area contributed by atoms with E-state index >= 15 is 0 Å². The summed E-state index contributed by atoms with van der Waals surface area (Å²) in [6.07, 6.45) is 6.01. The lowest BCUT2D eigenvalue weighted by atomic mass is 9.74. The topological polar surface area (TPSA) is 115 Å². The van der Waals surface area contributed by atoms with Crippen LogP contribution in [0.15, 0.2) is 24.8 Å². The van der Waals surface area contributed by atoms with E-state index in [-0.39, 0.29) is 12.5 Å². The number of piperidine rings is 1. The number of hydrogen-bond acceptors (Lipinski definition) is 8. The lowest BCUT2D eigenvalue weighted by Crippen LogP contribution is -2.65. The number of ether oxygens (including phenoxy) is 2. The van der Waals surface area contributed by atoms with Crippen molar-refractivity contribution in [1.29, 1.82) is 0 Å². The van der Waals surface area contributed by atoms with Crippen molar-refractivity contribution in [3.8, 4) is 5.88 Å². The molecule has 0 radical (unpaired) electrons. The van der Waals surface area contributed by atoms with Crippen LogP contribution >= 0.6 is 0 Å². The van der Waals surface area contributed by atoms with E-state index in [9.17, 15) is 9.90 Å². The van der Waals surface area contributed by atoms with Crippen molar-refractivity contribution in [2.45, 2.75) is 43.4 Å². The van der Waals surface area contributed by atoms with Gasteiger partial charge in [0, 0.05) is 38.8 Å². The maximum atomic E-state index is 12.8. The molecule has 2 aromatic heterocycles. The Bertz CT molecular complexity index is 910. The molecule has 2 saturated heterocycles. The highest BCUT2D eigenvalue weighted by molar-refractivity contribution is 5.92. The fraction of sp³-hybridized carbons (Fsp3) is 0.600. The van der Waals surface area contributed by atoms with Crippen molar-refractivity contribution >= 4 is 11.9 Å². The minimum Gasteiger partial charge on any atom is -0.481 e. The van der Waals surface area contributed by atoms with Gasteiger partial charge >= 0.3 is 0 Å². The van der Waals surface area contributed by atoms with Crippen LogP contribution in [-0.2, 0) is 11.8 Å². The molecule has 30 heavy (non-hydrogen) atoms. The molecule has 0 aliphatic carbocycles. The monoisotopic (exact) mass is 416 g/mol. The molecule has 10 heteroatoms. The second-order valence-corrected chi connectivity index (χ2v) is 8.33. The van der Waals surface area contributed by atoms with Gasteiger partial charge in [-0.25, -0.2) is 9.97 Å².